The standard InChI is InChI=1S/C20H20N2O2.ClH/c23-19-17-11-12-18(21(17)13-15-7-3-1-4-8-15)20(24)22(19)14-16-9-5-2-6-10-16;/h1-10,17-18H,11-14H2;1H. The van der Waals surface area contributed by atoms with Crippen LogP contribution in [0.1, 0.15) is 24.0 Å². The number of imide groups is 1. The summed E-state index contributed by atoms with van der Waals surface area (Å²) in [6.45, 7) is 1.04. The first kappa shape index (κ1) is 17.6. The lowest BCUT2D eigenvalue weighted by atomic mass is 10.1. The molecular formula is C20H21ClN2O2. The van der Waals surface area contributed by atoms with Crippen molar-refractivity contribution < 1.29 is 9.59 Å². The summed E-state index contributed by atoms with van der Waals surface area (Å²) < 4.78 is 0. The fourth-order valence-corrected chi connectivity index (χ4v) is 3.80. The van der Waals surface area contributed by atoms with Gasteiger partial charge >= 0.3 is 0 Å². The summed E-state index contributed by atoms with van der Waals surface area (Å²) in [5.74, 6) is -0.0953. The first-order chi connectivity index (χ1) is 11.7. The van der Waals surface area contributed by atoms with E-state index < -0.39 is 0 Å². The van der Waals surface area contributed by atoms with Crippen molar-refractivity contribution in [3.63, 3.8) is 0 Å². The highest BCUT2D eigenvalue weighted by molar-refractivity contribution is 6.03. The Hall–Kier alpha value is -2.17. The molecule has 2 atom stereocenters. The van der Waals surface area contributed by atoms with E-state index in [0.717, 1.165) is 24.0 Å². The molecule has 2 aliphatic heterocycles. The quantitative estimate of drug-likeness (QED) is 0.791. The monoisotopic (exact) mass is 356 g/mol. The van der Waals surface area contributed by atoms with Gasteiger partial charge in [-0.15, -0.1) is 12.4 Å². The van der Waals surface area contributed by atoms with Crippen molar-refractivity contribution in [2.45, 2.75) is 38.0 Å². The van der Waals surface area contributed by atoms with Gasteiger partial charge in [0.15, 0.2) is 0 Å². The lowest BCUT2D eigenvalue weighted by Gasteiger charge is -2.38. The van der Waals surface area contributed by atoms with E-state index in [9.17, 15) is 9.59 Å². The van der Waals surface area contributed by atoms with Gasteiger partial charge in [0.25, 0.3) is 0 Å². The summed E-state index contributed by atoms with van der Waals surface area (Å²) in [4.78, 5) is 29.3. The summed E-state index contributed by atoms with van der Waals surface area (Å²) in [6.07, 6.45) is 1.54. The Morgan fingerprint density at radius 2 is 1.16 bits per heavy atom. The second-order valence-electron chi connectivity index (χ2n) is 6.52. The zero-order valence-corrected chi connectivity index (χ0v) is 14.7. The van der Waals surface area contributed by atoms with E-state index in [-0.39, 0.29) is 36.3 Å². The first-order valence-corrected chi connectivity index (χ1v) is 8.43. The molecular weight excluding hydrogens is 336 g/mol. The molecule has 2 amide bonds. The van der Waals surface area contributed by atoms with Crippen molar-refractivity contribution in [1.29, 1.82) is 0 Å². The molecule has 0 N–H and O–H groups in total. The predicted octanol–water partition coefficient (Wildman–Crippen LogP) is 3.01. The van der Waals surface area contributed by atoms with Crippen molar-refractivity contribution in [1.82, 2.24) is 9.80 Å². The molecule has 2 unspecified atom stereocenters. The maximum absolute atomic E-state index is 12.9. The number of carbonyl (C=O) groups excluding carboxylic acids is 2. The fourth-order valence-electron chi connectivity index (χ4n) is 3.80. The number of nitrogens with zero attached hydrogens (tertiary/aromatic N) is 2. The van der Waals surface area contributed by atoms with Crippen molar-refractivity contribution in [2.24, 2.45) is 0 Å². The van der Waals surface area contributed by atoms with Gasteiger partial charge in [-0.3, -0.25) is 19.4 Å². The molecule has 0 spiro atoms. The Kier molecular flexibility index (Phi) is 5.21. The van der Waals surface area contributed by atoms with Crippen LogP contribution >= 0.6 is 12.4 Å². The van der Waals surface area contributed by atoms with Crippen molar-refractivity contribution in [3.05, 3.63) is 71.8 Å². The number of fused-ring (bicyclic) bond motifs is 2. The molecule has 2 heterocycles. The third-order valence-electron chi connectivity index (χ3n) is 5.01. The van der Waals surface area contributed by atoms with Crippen LogP contribution in [0.15, 0.2) is 60.7 Å². The normalized spacial score (nSPS) is 22.8. The smallest absolute Gasteiger partial charge is 0.246 e. The Morgan fingerprint density at radius 3 is 1.64 bits per heavy atom. The van der Waals surface area contributed by atoms with Gasteiger partial charge in [-0.2, -0.15) is 0 Å². The van der Waals surface area contributed by atoms with Gasteiger partial charge in [0.2, 0.25) is 11.8 Å². The summed E-state index contributed by atoms with van der Waals surface area (Å²) in [5.41, 5.74) is 2.14. The minimum absolute atomic E-state index is 0. The molecule has 2 bridgehead atoms. The third kappa shape index (κ3) is 3.32. The van der Waals surface area contributed by atoms with Crippen LogP contribution in [0.25, 0.3) is 0 Å². The Labute approximate surface area is 153 Å². The molecule has 2 saturated heterocycles. The zero-order chi connectivity index (χ0) is 16.5. The van der Waals surface area contributed by atoms with Crippen LogP contribution in [0.2, 0.25) is 0 Å². The number of piperazine rings is 1. The molecule has 2 aromatic carbocycles. The summed E-state index contributed by atoms with van der Waals surface area (Å²) >= 11 is 0. The molecule has 2 aliphatic rings. The van der Waals surface area contributed by atoms with E-state index in [1.807, 2.05) is 60.7 Å². The number of benzene rings is 2. The highest BCUT2D eigenvalue weighted by Crippen LogP contribution is 2.34. The molecule has 2 fully saturated rings. The lowest BCUT2D eigenvalue weighted by molar-refractivity contribution is -0.158. The average molecular weight is 357 g/mol. The maximum Gasteiger partial charge on any atom is 0.246 e. The SMILES string of the molecule is Cl.O=C1C2CCC(C(=O)N1Cc1ccccc1)N2Cc1ccccc1. The highest BCUT2D eigenvalue weighted by atomic mass is 35.5. The van der Waals surface area contributed by atoms with Gasteiger partial charge in [0.05, 0.1) is 18.6 Å². The fraction of sp³-hybridized carbons (Fsp3) is 0.300. The predicted molar refractivity (Wildman–Crippen MR) is 98.0 cm³/mol. The van der Waals surface area contributed by atoms with Crippen molar-refractivity contribution >= 4 is 24.2 Å². The van der Waals surface area contributed by atoms with Crippen LogP contribution < -0.4 is 0 Å². The van der Waals surface area contributed by atoms with Gasteiger partial charge < -0.3 is 0 Å². The Balaban J connectivity index is 0.00000182. The van der Waals surface area contributed by atoms with Gasteiger partial charge in [-0.1, -0.05) is 60.7 Å². The molecule has 25 heavy (non-hydrogen) atoms. The molecule has 4 rings (SSSR count). The molecule has 0 radical (unpaired) electrons. The van der Waals surface area contributed by atoms with Crippen LogP contribution in [-0.2, 0) is 22.7 Å². The van der Waals surface area contributed by atoms with Crippen LogP contribution in [0.5, 0.6) is 0 Å². The number of likely N-dealkylation sites (tertiary alicyclic amines) is 1. The molecule has 0 aliphatic carbocycles. The van der Waals surface area contributed by atoms with E-state index in [1.165, 1.54) is 4.90 Å². The van der Waals surface area contributed by atoms with Crippen molar-refractivity contribution in [3.8, 4) is 0 Å². The molecule has 130 valence electrons. The third-order valence-corrected chi connectivity index (χ3v) is 5.01. The van der Waals surface area contributed by atoms with Crippen LogP contribution in [0, 0.1) is 0 Å². The molecule has 4 nitrogen and oxygen atoms in total. The van der Waals surface area contributed by atoms with E-state index >= 15 is 0 Å². The Morgan fingerprint density at radius 1 is 0.720 bits per heavy atom. The second-order valence-corrected chi connectivity index (χ2v) is 6.52. The number of carbonyl (C=O) groups is 2. The van der Waals surface area contributed by atoms with Gasteiger partial charge in [0.1, 0.15) is 0 Å². The number of hydrogen-bond acceptors (Lipinski definition) is 3. The number of amides is 2. The van der Waals surface area contributed by atoms with Gasteiger partial charge in [-0.25, -0.2) is 0 Å². The van der Waals surface area contributed by atoms with Gasteiger partial charge in [0, 0.05) is 6.54 Å². The number of rotatable bonds is 4. The highest BCUT2D eigenvalue weighted by Gasteiger charge is 2.50. The number of halogens is 1. The lowest BCUT2D eigenvalue weighted by Crippen LogP contribution is -2.59. The molecule has 5 heteroatoms. The second kappa shape index (κ2) is 7.38. The van der Waals surface area contributed by atoms with Crippen LogP contribution in [0.4, 0.5) is 0 Å². The largest absolute Gasteiger partial charge is 0.276 e. The van der Waals surface area contributed by atoms with Gasteiger partial charge in [-0.05, 0) is 24.0 Å². The topological polar surface area (TPSA) is 40.6 Å². The Bertz CT molecular complexity index is 727. The van der Waals surface area contributed by atoms with Crippen LogP contribution in [0.3, 0.4) is 0 Å². The minimum Gasteiger partial charge on any atom is -0.276 e. The molecule has 0 aromatic heterocycles. The van der Waals surface area contributed by atoms with E-state index in [1.54, 1.807) is 0 Å². The maximum atomic E-state index is 12.9. The van der Waals surface area contributed by atoms with Crippen molar-refractivity contribution in [2.75, 3.05) is 0 Å². The average Bonchev–Trinajstić information content (AvgIpc) is 2.98. The summed E-state index contributed by atoms with van der Waals surface area (Å²) in [7, 11) is 0. The molecule has 2 aromatic rings. The summed E-state index contributed by atoms with van der Waals surface area (Å²) in [6, 6.07) is 19.4. The summed E-state index contributed by atoms with van der Waals surface area (Å²) in [5, 5.41) is 0. The van der Waals surface area contributed by atoms with E-state index in [0.29, 0.717) is 13.1 Å². The van der Waals surface area contributed by atoms with E-state index in [2.05, 4.69) is 4.90 Å². The minimum atomic E-state index is -0.170. The molecule has 0 saturated carbocycles. The van der Waals surface area contributed by atoms with E-state index in [4.69, 9.17) is 0 Å². The first-order valence-electron chi connectivity index (χ1n) is 8.43. The van der Waals surface area contributed by atoms with Crippen LogP contribution in [-0.4, -0.2) is 33.7 Å². The number of hydrogen-bond donors (Lipinski definition) is 0. The zero-order valence-electron chi connectivity index (χ0n) is 13.9.